The maximum atomic E-state index is 13.1. The standard InChI is InChI=1S/C21H24N4O3/c1-15-6-5-9-17(14-15)21(28)25-13-12-24(19(25)18(26)23-11-10-22)20(27)16-7-3-2-4-8-16/h2-9,14,19H,10-13,22H2,1H3,(H,23,26). The minimum Gasteiger partial charge on any atom is -0.351 e. The van der Waals surface area contributed by atoms with Crippen molar-refractivity contribution >= 4 is 17.7 Å². The first-order valence-corrected chi connectivity index (χ1v) is 9.24. The van der Waals surface area contributed by atoms with Crippen molar-refractivity contribution in [1.29, 1.82) is 0 Å². The molecule has 1 unspecified atom stereocenters. The van der Waals surface area contributed by atoms with E-state index in [1.165, 1.54) is 9.80 Å². The van der Waals surface area contributed by atoms with E-state index in [0.717, 1.165) is 5.56 Å². The molecule has 146 valence electrons. The van der Waals surface area contributed by atoms with Gasteiger partial charge in [0.2, 0.25) is 0 Å². The first-order valence-electron chi connectivity index (χ1n) is 9.24. The summed E-state index contributed by atoms with van der Waals surface area (Å²) in [5.41, 5.74) is 7.40. The molecule has 7 nitrogen and oxygen atoms in total. The second-order valence-electron chi connectivity index (χ2n) is 6.69. The molecule has 1 fully saturated rings. The average Bonchev–Trinajstić information content (AvgIpc) is 3.16. The molecule has 3 rings (SSSR count). The van der Waals surface area contributed by atoms with Gasteiger partial charge in [0.15, 0.2) is 6.17 Å². The third kappa shape index (κ3) is 4.04. The Hall–Kier alpha value is -3.19. The fourth-order valence-corrected chi connectivity index (χ4v) is 3.31. The number of hydrogen-bond donors (Lipinski definition) is 2. The third-order valence-corrected chi connectivity index (χ3v) is 4.66. The Morgan fingerprint density at radius 1 is 0.964 bits per heavy atom. The van der Waals surface area contributed by atoms with Gasteiger partial charge in [-0.1, -0.05) is 35.9 Å². The molecule has 28 heavy (non-hydrogen) atoms. The first-order chi connectivity index (χ1) is 13.5. The molecule has 7 heteroatoms. The summed E-state index contributed by atoms with van der Waals surface area (Å²) < 4.78 is 0. The molecule has 0 aromatic heterocycles. The van der Waals surface area contributed by atoms with Gasteiger partial charge in [0.05, 0.1) is 0 Å². The van der Waals surface area contributed by atoms with Gasteiger partial charge >= 0.3 is 0 Å². The lowest BCUT2D eigenvalue weighted by atomic mass is 10.1. The average molecular weight is 380 g/mol. The van der Waals surface area contributed by atoms with Gasteiger partial charge in [0.1, 0.15) is 0 Å². The highest BCUT2D eigenvalue weighted by atomic mass is 16.2. The predicted molar refractivity (Wildman–Crippen MR) is 106 cm³/mol. The first kappa shape index (κ1) is 19.6. The molecule has 3 N–H and O–H groups in total. The van der Waals surface area contributed by atoms with Crippen LogP contribution in [-0.4, -0.2) is 59.9 Å². The van der Waals surface area contributed by atoms with Crippen molar-refractivity contribution in [2.45, 2.75) is 13.1 Å². The van der Waals surface area contributed by atoms with Crippen molar-refractivity contribution in [2.24, 2.45) is 5.73 Å². The molecule has 1 heterocycles. The molecule has 1 saturated heterocycles. The number of hydrogen-bond acceptors (Lipinski definition) is 4. The van der Waals surface area contributed by atoms with Crippen molar-refractivity contribution < 1.29 is 14.4 Å². The number of nitrogens with zero attached hydrogens (tertiary/aromatic N) is 2. The number of carbonyl (C=O) groups is 3. The smallest absolute Gasteiger partial charge is 0.263 e. The Morgan fingerprint density at radius 3 is 2.18 bits per heavy atom. The van der Waals surface area contributed by atoms with Gasteiger partial charge < -0.3 is 20.9 Å². The third-order valence-electron chi connectivity index (χ3n) is 4.66. The summed E-state index contributed by atoms with van der Waals surface area (Å²) in [4.78, 5) is 41.7. The predicted octanol–water partition coefficient (Wildman–Crippen LogP) is 0.994. The zero-order valence-corrected chi connectivity index (χ0v) is 15.8. The van der Waals surface area contributed by atoms with Crippen LogP contribution in [0, 0.1) is 6.92 Å². The molecular weight excluding hydrogens is 356 g/mol. The number of benzene rings is 2. The van der Waals surface area contributed by atoms with Crippen LogP contribution in [0.25, 0.3) is 0 Å². The Bertz CT molecular complexity index is 869. The number of carbonyl (C=O) groups excluding carboxylic acids is 3. The van der Waals surface area contributed by atoms with Crippen LogP contribution < -0.4 is 11.1 Å². The summed E-state index contributed by atoms with van der Waals surface area (Å²) >= 11 is 0. The van der Waals surface area contributed by atoms with E-state index in [1.54, 1.807) is 42.5 Å². The van der Waals surface area contributed by atoms with Crippen LogP contribution in [-0.2, 0) is 4.79 Å². The van der Waals surface area contributed by atoms with Crippen LogP contribution in [0.1, 0.15) is 26.3 Å². The quantitative estimate of drug-likeness (QED) is 0.809. The van der Waals surface area contributed by atoms with Gasteiger partial charge in [-0.3, -0.25) is 14.4 Å². The number of rotatable bonds is 5. The second kappa shape index (κ2) is 8.67. The largest absolute Gasteiger partial charge is 0.351 e. The SMILES string of the molecule is Cc1cccc(C(=O)N2CCN(C(=O)c3ccccc3)C2C(=O)NCCN)c1. The number of nitrogens with two attached hydrogens (primary N) is 1. The summed E-state index contributed by atoms with van der Waals surface area (Å²) in [5, 5.41) is 2.71. The summed E-state index contributed by atoms with van der Waals surface area (Å²) in [6, 6.07) is 15.9. The van der Waals surface area contributed by atoms with Crippen LogP contribution >= 0.6 is 0 Å². The van der Waals surface area contributed by atoms with Gasteiger partial charge in [-0.2, -0.15) is 0 Å². The lowest BCUT2D eigenvalue weighted by Gasteiger charge is -2.29. The summed E-state index contributed by atoms with van der Waals surface area (Å²) in [7, 11) is 0. The van der Waals surface area contributed by atoms with Gasteiger partial charge in [-0.15, -0.1) is 0 Å². The van der Waals surface area contributed by atoms with Crippen molar-refractivity contribution in [3.8, 4) is 0 Å². The normalized spacial score (nSPS) is 16.1. The lowest BCUT2D eigenvalue weighted by Crippen LogP contribution is -2.54. The maximum Gasteiger partial charge on any atom is 0.263 e. The van der Waals surface area contributed by atoms with Crippen LogP contribution in [0.3, 0.4) is 0 Å². The van der Waals surface area contributed by atoms with E-state index in [2.05, 4.69) is 5.32 Å². The molecule has 0 radical (unpaired) electrons. The van der Waals surface area contributed by atoms with Crippen molar-refractivity contribution in [3.05, 3.63) is 71.3 Å². The zero-order chi connectivity index (χ0) is 20.1. The second-order valence-corrected chi connectivity index (χ2v) is 6.69. The van der Waals surface area contributed by atoms with E-state index in [-0.39, 0.29) is 38.0 Å². The minimum absolute atomic E-state index is 0.273. The van der Waals surface area contributed by atoms with Gasteiger partial charge in [0.25, 0.3) is 17.7 Å². The zero-order valence-electron chi connectivity index (χ0n) is 15.8. The maximum absolute atomic E-state index is 13.1. The molecule has 0 aliphatic carbocycles. The monoisotopic (exact) mass is 380 g/mol. The number of amides is 3. The van der Waals surface area contributed by atoms with Gasteiger partial charge in [-0.05, 0) is 31.2 Å². The highest BCUT2D eigenvalue weighted by molar-refractivity contribution is 6.02. The summed E-state index contributed by atoms with van der Waals surface area (Å²) in [6.45, 7) is 3.02. The van der Waals surface area contributed by atoms with Crippen LogP contribution in [0.5, 0.6) is 0 Å². The molecule has 0 saturated carbocycles. The highest BCUT2D eigenvalue weighted by Crippen LogP contribution is 2.21. The molecule has 3 amide bonds. The number of aryl methyl sites for hydroxylation is 1. The van der Waals surface area contributed by atoms with Crippen LogP contribution in [0.2, 0.25) is 0 Å². The van der Waals surface area contributed by atoms with Crippen molar-refractivity contribution in [1.82, 2.24) is 15.1 Å². The van der Waals surface area contributed by atoms with Gasteiger partial charge in [-0.25, -0.2) is 0 Å². The highest BCUT2D eigenvalue weighted by Gasteiger charge is 2.42. The fraction of sp³-hybridized carbons (Fsp3) is 0.286. The Balaban J connectivity index is 1.90. The summed E-state index contributed by atoms with van der Waals surface area (Å²) in [6.07, 6.45) is -1.01. The molecule has 1 aliphatic rings. The molecule has 0 bridgehead atoms. The Kier molecular flexibility index (Phi) is 6.06. The molecular formula is C21H24N4O3. The fourth-order valence-electron chi connectivity index (χ4n) is 3.31. The lowest BCUT2D eigenvalue weighted by molar-refractivity contribution is -0.128. The summed E-state index contributed by atoms with van der Waals surface area (Å²) in [5.74, 6) is -0.971. The number of nitrogens with one attached hydrogen (secondary N) is 1. The Labute approximate surface area is 164 Å². The van der Waals surface area contributed by atoms with E-state index in [9.17, 15) is 14.4 Å². The van der Waals surface area contributed by atoms with Crippen molar-refractivity contribution in [3.63, 3.8) is 0 Å². The van der Waals surface area contributed by atoms with E-state index in [1.807, 2.05) is 19.1 Å². The molecule has 2 aromatic carbocycles. The van der Waals surface area contributed by atoms with E-state index in [4.69, 9.17) is 5.73 Å². The molecule has 1 atom stereocenters. The Morgan fingerprint density at radius 2 is 1.57 bits per heavy atom. The van der Waals surface area contributed by atoms with Crippen molar-refractivity contribution in [2.75, 3.05) is 26.2 Å². The van der Waals surface area contributed by atoms with E-state index in [0.29, 0.717) is 11.1 Å². The van der Waals surface area contributed by atoms with Crippen LogP contribution in [0.4, 0.5) is 0 Å². The molecule has 0 spiro atoms. The molecule has 1 aliphatic heterocycles. The van der Waals surface area contributed by atoms with Gasteiger partial charge in [0, 0.05) is 37.3 Å². The minimum atomic E-state index is -1.01. The van der Waals surface area contributed by atoms with Crippen LogP contribution in [0.15, 0.2) is 54.6 Å². The van der Waals surface area contributed by atoms with E-state index >= 15 is 0 Å². The topological polar surface area (TPSA) is 95.7 Å². The van der Waals surface area contributed by atoms with E-state index < -0.39 is 12.1 Å². The molecule has 2 aromatic rings.